The van der Waals surface area contributed by atoms with E-state index in [1.54, 1.807) is 0 Å². The molecule has 22 heavy (non-hydrogen) atoms. The van der Waals surface area contributed by atoms with Crippen molar-refractivity contribution in [3.05, 3.63) is 29.8 Å². The van der Waals surface area contributed by atoms with Gasteiger partial charge in [-0.15, -0.1) is 0 Å². The molecular weight excluding hydrogens is 294 g/mol. The number of anilines is 1. The lowest BCUT2D eigenvalue weighted by Crippen LogP contribution is -2.45. The second kappa shape index (κ2) is 10.8. The van der Waals surface area contributed by atoms with Crippen LogP contribution in [0.1, 0.15) is 45.6 Å². The number of hydrogen-bond donors (Lipinski definition) is 1. The number of unbranched alkanes of at least 4 members (excludes halogenated alkanes) is 2. The van der Waals surface area contributed by atoms with E-state index >= 15 is 0 Å². The van der Waals surface area contributed by atoms with E-state index in [0.29, 0.717) is 19.8 Å². The zero-order valence-electron chi connectivity index (χ0n) is 14.3. The molecule has 0 aliphatic heterocycles. The number of aryl methyl sites for hydroxylation is 1. The lowest BCUT2D eigenvalue weighted by molar-refractivity contribution is 0.0706. The van der Waals surface area contributed by atoms with Gasteiger partial charge in [-0.3, -0.25) is 0 Å². The standard InChI is InChI=1S/C17H31NO3Si/c1-4-19-22(20-5-2,21-6-3)15-9-7-8-10-16-11-13-17(18)14-12-16/h11-14H,4-10,15,18H2,1-3H3. The second-order valence-corrected chi connectivity index (χ2v) is 8.02. The van der Waals surface area contributed by atoms with Crippen LogP contribution in [0.4, 0.5) is 5.69 Å². The fourth-order valence-electron chi connectivity index (χ4n) is 2.53. The Morgan fingerprint density at radius 1 is 0.818 bits per heavy atom. The maximum Gasteiger partial charge on any atom is 0.500 e. The van der Waals surface area contributed by atoms with Crippen LogP contribution in [-0.4, -0.2) is 28.6 Å². The average molecular weight is 326 g/mol. The van der Waals surface area contributed by atoms with Crippen molar-refractivity contribution < 1.29 is 13.3 Å². The van der Waals surface area contributed by atoms with Crippen molar-refractivity contribution in [1.29, 1.82) is 0 Å². The van der Waals surface area contributed by atoms with Crippen molar-refractivity contribution in [3.8, 4) is 0 Å². The molecule has 0 fully saturated rings. The first-order valence-electron chi connectivity index (χ1n) is 8.42. The Balaban J connectivity index is 2.33. The lowest BCUT2D eigenvalue weighted by Gasteiger charge is -2.28. The van der Waals surface area contributed by atoms with Crippen molar-refractivity contribution in [2.24, 2.45) is 0 Å². The Bertz CT molecular complexity index is 380. The zero-order chi connectivity index (χ0) is 16.3. The van der Waals surface area contributed by atoms with Crippen LogP contribution in [0.5, 0.6) is 0 Å². The van der Waals surface area contributed by atoms with E-state index < -0.39 is 8.80 Å². The van der Waals surface area contributed by atoms with E-state index in [1.165, 1.54) is 12.0 Å². The van der Waals surface area contributed by atoms with Crippen LogP contribution in [0.3, 0.4) is 0 Å². The summed E-state index contributed by atoms with van der Waals surface area (Å²) in [4.78, 5) is 0. The topological polar surface area (TPSA) is 53.7 Å². The van der Waals surface area contributed by atoms with E-state index in [2.05, 4.69) is 12.1 Å². The minimum Gasteiger partial charge on any atom is -0.399 e. The summed E-state index contributed by atoms with van der Waals surface area (Å²) in [6, 6.07) is 9.05. The van der Waals surface area contributed by atoms with Crippen LogP contribution in [-0.2, 0) is 19.7 Å². The quantitative estimate of drug-likeness (QED) is 0.358. The summed E-state index contributed by atoms with van der Waals surface area (Å²) in [6.45, 7) is 7.95. The summed E-state index contributed by atoms with van der Waals surface area (Å²) in [5, 5.41) is 0. The summed E-state index contributed by atoms with van der Waals surface area (Å²) in [7, 11) is -2.45. The van der Waals surface area contributed by atoms with Gasteiger partial charge in [0.15, 0.2) is 0 Å². The summed E-state index contributed by atoms with van der Waals surface area (Å²) in [5.41, 5.74) is 7.87. The second-order valence-electron chi connectivity index (χ2n) is 5.28. The number of rotatable bonds is 12. The molecule has 0 unspecified atom stereocenters. The van der Waals surface area contributed by atoms with E-state index in [4.69, 9.17) is 19.0 Å². The molecule has 0 aliphatic carbocycles. The smallest absolute Gasteiger partial charge is 0.399 e. The average Bonchev–Trinajstić information content (AvgIpc) is 2.50. The van der Waals surface area contributed by atoms with Crippen LogP contribution in [0.2, 0.25) is 6.04 Å². The van der Waals surface area contributed by atoms with Crippen molar-refractivity contribution in [2.75, 3.05) is 25.6 Å². The fraction of sp³-hybridized carbons (Fsp3) is 0.647. The van der Waals surface area contributed by atoms with Gasteiger partial charge < -0.3 is 19.0 Å². The monoisotopic (exact) mass is 325 g/mol. The van der Waals surface area contributed by atoms with Gasteiger partial charge >= 0.3 is 8.80 Å². The largest absolute Gasteiger partial charge is 0.500 e. The Hall–Kier alpha value is -0.883. The summed E-state index contributed by atoms with van der Waals surface area (Å²) in [6.07, 6.45) is 4.50. The molecule has 126 valence electrons. The first kappa shape index (κ1) is 19.2. The van der Waals surface area contributed by atoms with Gasteiger partial charge in [-0.05, 0) is 57.7 Å². The molecule has 0 heterocycles. The van der Waals surface area contributed by atoms with E-state index in [9.17, 15) is 0 Å². The molecule has 1 aromatic carbocycles. The van der Waals surface area contributed by atoms with Crippen LogP contribution in [0, 0.1) is 0 Å². The summed E-state index contributed by atoms with van der Waals surface area (Å²) in [5.74, 6) is 0. The summed E-state index contributed by atoms with van der Waals surface area (Å²) >= 11 is 0. The molecule has 0 radical (unpaired) electrons. The number of nitrogen functional groups attached to an aromatic ring is 1. The molecule has 4 nitrogen and oxygen atoms in total. The highest BCUT2D eigenvalue weighted by Crippen LogP contribution is 2.20. The fourth-order valence-corrected chi connectivity index (χ4v) is 5.22. The number of hydrogen-bond acceptors (Lipinski definition) is 4. The van der Waals surface area contributed by atoms with Crippen LogP contribution < -0.4 is 5.73 Å². The maximum atomic E-state index is 5.87. The van der Waals surface area contributed by atoms with E-state index in [0.717, 1.165) is 31.0 Å². The predicted molar refractivity (Wildman–Crippen MR) is 93.8 cm³/mol. The minimum atomic E-state index is -2.45. The Labute approximate surface area is 136 Å². The van der Waals surface area contributed by atoms with Gasteiger partial charge in [0, 0.05) is 31.6 Å². The molecule has 0 spiro atoms. The van der Waals surface area contributed by atoms with Crippen LogP contribution in [0.25, 0.3) is 0 Å². The number of nitrogens with two attached hydrogens (primary N) is 1. The Morgan fingerprint density at radius 3 is 1.86 bits per heavy atom. The van der Waals surface area contributed by atoms with Gasteiger partial charge in [0.2, 0.25) is 0 Å². The third-order valence-electron chi connectivity index (χ3n) is 3.52. The molecule has 0 atom stereocenters. The predicted octanol–water partition coefficient (Wildman–Crippen LogP) is 4.03. The van der Waals surface area contributed by atoms with E-state index in [-0.39, 0.29) is 0 Å². The van der Waals surface area contributed by atoms with Gasteiger partial charge in [-0.2, -0.15) is 0 Å². The normalized spacial score (nSPS) is 11.8. The van der Waals surface area contributed by atoms with Crippen molar-refractivity contribution in [2.45, 2.75) is 52.5 Å². The highest BCUT2D eigenvalue weighted by Gasteiger charge is 2.39. The first-order valence-corrected chi connectivity index (χ1v) is 10.3. The minimum absolute atomic E-state index is 0.650. The molecule has 5 heteroatoms. The molecule has 0 aromatic heterocycles. The molecule has 2 N–H and O–H groups in total. The van der Waals surface area contributed by atoms with Gasteiger partial charge in [0.1, 0.15) is 0 Å². The highest BCUT2D eigenvalue weighted by atomic mass is 28.4. The third-order valence-corrected chi connectivity index (χ3v) is 6.67. The van der Waals surface area contributed by atoms with Gasteiger partial charge in [-0.25, -0.2) is 0 Å². The van der Waals surface area contributed by atoms with Crippen molar-refractivity contribution >= 4 is 14.5 Å². The third kappa shape index (κ3) is 6.92. The zero-order valence-corrected chi connectivity index (χ0v) is 15.3. The van der Waals surface area contributed by atoms with Crippen LogP contribution in [0.15, 0.2) is 24.3 Å². The SMILES string of the molecule is CCO[Si](CCCCCc1ccc(N)cc1)(OCC)OCC. The van der Waals surface area contributed by atoms with Crippen LogP contribution >= 0.6 is 0 Å². The molecule has 0 amide bonds. The molecule has 0 saturated carbocycles. The van der Waals surface area contributed by atoms with E-state index in [1.807, 2.05) is 32.9 Å². The molecule has 1 rings (SSSR count). The first-order chi connectivity index (χ1) is 10.7. The Kier molecular flexibility index (Phi) is 9.39. The molecule has 0 aliphatic rings. The van der Waals surface area contributed by atoms with Gasteiger partial charge in [0.25, 0.3) is 0 Å². The lowest BCUT2D eigenvalue weighted by atomic mass is 10.1. The van der Waals surface area contributed by atoms with Crippen molar-refractivity contribution in [3.63, 3.8) is 0 Å². The van der Waals surface area contributed by atoms with Gasteiger partial charge in [-0.1, -0.05) is 18.6 Å². The maximum absolute atomic E-state index is 5.87. The molecule has 1 aromatic rings. The van der Waals surface area contributed by atoms with Gasteiger partial charge in [0.05, 0.1) is 0 Å². The number of benzene rings is 1. The highest BCUT2D eigenvalue weighted by molar-refractivity contribution is 6.60. The Morgan fingerprint density at radius 2 is 1.36 bits per heavy atom. The van der Waals surface area contributed by atoms with Crippen molar-refractivity contribution in [1.82, 2.24) is 0 Å². The molecule has 0 bridgehead atoms. The molecule has 0 saturated heterocycles. The molecular formula is C17H31NO3Si. The summed E-state index contributed by atoms with van der Waals surface area (Å²) < 4.78 is 17.6.